The molecule has 15 heteroatoms. The molecule has 0 fully saturated rings. The number of nitrogens with zero attached hydrogens (tertiary/aromatic N) is 5. The van der Waals surface area contributed by atoms with E-state index in [2.05, 4.69) is 33.0 Å². The third-order valence-corrected chi connectivity index (χ3v) is 9.10. The summed E-state index contributed by atoms with van der Waals surface area (Å²) in [6, 6.07) is 7.84. The van der Waals surface area contributed by atoms with Crippen LogP contribution in [0.5, 0.6) is 0 Å². The minimum atomic E-state index is -1.26. The molecule has 1 unspecified atom stereocenters. The second-order valence-electron chi connectivity index (χ2n) is 12.0. The minimum absolute atomic E-state index is 0. The first kappa shape index (κ1) is 47.8. The van der Waals surface area contributed by atoms with E-state index in [0.717, 1.165) is 41.9 Å². The van der Waals surface area contributed by atoms with Crippen LogP contribution in [-0.4, -0.2) is 83.0 Å². The monoisotopic (exact) mass is 761 g/mol. The molecule has 2 aromatic rings. The van der Waals surface area contributed by atoms with E-state index in [0.29, 0.717) is 59.7 Å². The van der Waals surface area contributed by atoms with Gasteiger partial charge in [0, 0.05) is 30.7 Å². The Hall–Kier alpha value is -3.18. The van der Waals surface area contributed by atoms with Gasteiger partial charge in [-0.05, 0) is 62.4 Å². The number of aliphatic carboxylic acids is 1. The molecule has 0 spiro atoms. The average Bonchev–Trinajstić information content (AvgIpc) is 3.45. The van der Waals surface area contributed by atoms with Crippen LogP contribution >= 0.6 is 11.3 Å². The summed E-state index contributed by atoms with van der Waals surface area (Å²) in [6.07, 6.45) is 10.5. The molecular weight excluding hydrogens is 710 g/mol. The van der Waals surface area contributed by atoms with E-state index >= 15 is 0 Å². The van der Waals surface area contributed by atoms with Gasteiger partial charge in [-0.2, -0.15) is 5.26 Å². The number of carboxylic acids is 1. The van der Waals surface area contributed by atoms with E-state index in [1.165, 1.54) is 19.3 Å². The Morgan fingerprint density at radius 1 is 1.02 bits per heavy atom. The van der Waals surface area contributed by atoms with Crippen molar-refractivity contribution in [2.24, 2.45) is 16.1 Å². The van der Waals surface area contributed by atoms with Crippen LogP contribution in [-0.2, 0) is 28.5 Å². The third-order valence-electron chi connectivity index (χ3n) is 8.03. The molecule has 0 aliphatic rings. The zero-order chi connectivity index (χ0) is 38.0. The SMILES string of the molecule is [C-]#[N+]c1sc(N=Nc2ccc(N(CCOCCO)CCOCCOCCOC(=O)CC(C/C=C/CCCCCCC)C(=O)[O-])cc2C)c(C#N)c1C.[Na+]. The van der Waals surface area contributed by atoms with Crippen molar-refractivity contribution in [3.63, 3.8) is 0 Å². The van der Waals surface area contributed by atoms with Crippen molar-refractivity contribution >= 4 is 44.7 Å². The Balaban J connectivity index is 0.0000140. The van der Waals surface area contributed by atoms with Crippen LogP contribution < -0.4 is 39.6 Å². The molecule has 1 aromatic carbocycles. The van der Waals surface area contributed by atoms with Gasteiger partial charge < -0.3 is 38.9 Å². The Labute approximate surface area is 340 Å². The molecule has 1 N–H and O–H groups in total. The van der Waals surface area contributed by atoms with Crippen molar-refractivity contribution < 1.29 is 68.3 Å². The van der Waals surface area contributed by atoms with Crippen molar-refractivity contribution in [2.45, 2.75) is 72.1 Å². The van der Waals surface area contributed by atoms with Gasteiger partial charge in [0.2, 0.25) is 5.00 Å². The predicted octanol–water partition coefficient (Wildman–Crippen LogP) is 3.66. The van der Waals surface area contributed by atoms with Crippen molar-refractivity contribution in [1.82, 2.24) is 0 Å². The van der Waals surface area contributed by atoms with Crippen molar-refractivity contribution in [2.75, 3.05) is 70.8 Å². The molecule has 53 heavy (non-hydrogen) atoms. The number of carbonyl (C=O) groups excluding carboxylic acids is 2. The van der Waals surface area contributed by atoms with Crippen LogP contribution in [0.3, 0.4) is 0 Å². The fourth-order valence-electron chi connectivity index (χ4n) is 5.03. The fourth-order valence-corrected chi connectivity index (χ4v) is 5.90. The summed E-state index contributed by atoms with van der Waals surface area (Å²) >= 11 is 1.14. The normalized spacial score (nSPS) is 11.7. The number of carboxylic acid groups (broad SMARTS) is 1. The Morgan fingerprint density at radius 3 is 2.34 bits per heavy atom. The quantitative estimate of drug-likeness (QED) is 0.0337. The summed E-state index contributed by atoms with van der Waals surface area (Å²) in [4.78, 5) is 29.2. The molecule has 284 valence electrons. The maximum Gasteiger partial charge on any atom is 1.00 e. The number of nitriles is 1. The maximum absolute atomic E-state index is 12.2. The summed E-state index contributed by atoms with van der Waals surface area (Å²) in [5, 5.41) is 39.5. The van der Waals surface area contributed by atoms with E-state index in [1.807, 2.05) is 31.2 Å². The van der Waals surface area contributed by atoms with Gasteiger partial charge in [-0.1, -0.05) is 44.8 Å². The summed E-state index contributed by atoms with van der Waals surface area (Å²) in [5.74, 6) is -2.79. The number of hydrogen-bond acceptors (Lipinski definition) is 13. The number of ether oxygens (including phenoxy) is 4. The smallest absolute Gasteiger partial charge is 0.550 e. The summed E-state index contributed by atoms with van der Waals surface area (Å²) in [6.45, 7) is 16.0. The summed E-state index contributed by atoms with van der Waals surface area (Å²) in [5.41, 5.74) is 3.39. The maximum atomic E-state index is 12.2. The van der Waals surface area contributed by atoms with Crippen molar-refractivity contribution in [1.29, 1.82) is 5.26 Å². The first-order chi connectivity index (χ1) is 25.2. The van der Waals surface area contributed by atoms with Crippen molar-refractivity contribution in [3.05, 3.63) is 58.5 Å². The standard InChI is InChI=1S/C38H53N5O8S.Na/c1-5-6-7-8-9-10-11-12-13-31(38(46)47)27-35(45)51-25-24-50-23-22-49-20-17-43(16-19-48-21-18-44)32-14-15-34(29(2)26-32)41-42-37-33(28-39)30(3)36(40-4)52-37;/h11-12,14-15,26,31,44H,5-10,13,16-25,27H2,1-3H3,(H,46,47);/q;+1/p-1/b12-11+,42-41?;. The molecule has 0 bridgehead atoms. The van der Waals surface area contributed by atoms with E-state index in [-0.39, 0.29) is 75.4 Å². The molecule has 0 radical (unpaired) electrons. The largest absolute Gasteiger partial charge is 1.00 e. The van der Waals surface area contributed by atoms with Gasteiger partial charge in [0.15, 0.2) is 0 Å². The molecule has 13 nitrogen and oxygen atoms in total. The molecule has 2 rings (SSSR count). The molecule has 0 saturated carbocycles. The molecule has 1 heterocycles. The number of unbranched alkanes of at least 4 members (excludes halogenated alkanes) is 5. The summed E-state index contributed by atoms with van der Waals surface area (Å²) in [7, 11) is 0. The number of esters is 1. The van der Waals surface area contributed by atoms with Gasteiger partial charge in [0.05, 0.1) is 70.5 Å². The van der Waals surface area contributed by atoms with E-state index in [1.54, 1.807) is 13.0 Å². The summed E-state index contributed by atoms with van der Waals surface area (Å²) < 4.78 is 21.9. The van der Waals surface area contributed by atoms with Gasteiger partial charge in [-0.3, -0.25) is 4.79 Å². The van der Waals surface area contributed by atoms with Gasteiger partial charge in [0.1, 0.15) is 17.7 Å². The number of allylic oxidation sites excluding steroid dienone is 2. The number of rotatable bonds is 28. The second-order valence-corrected chi connectivity index (χ2v) is 13.0. The van der Waals surface area contributed by atoms with Gasteiger partial charge >= 0.3 is 35.5 Å². The molecule has 0 aliphatic carbocycles. The van der Waals surface area contributed by atoms with Crippen LogP contribution in [0.1, 0.15) is 75.0 Å². The Bertz CT molecular complexity index is 1520. The number of aryl methyl sites for hydroxylation is 1. The first-order valence-corrected chi connectivity index (χ1v) is 18.6. The molecular formula is C38H52N5NaO8S. The molecule has 1 atom stereocenters. The van der Waals surface area contributed by atoms with Crippen LogP contribution in [0.4, 0.5) is 21.4 Å². The number of anilines is 1. The number of aliphatic hydroxyl groups excluding tert-OH is 1. The number of benzene rings is 1. The Kier molecular flexibility index (Phi) is 26.4. The number of aliphatic hydroxyl groups is 1. The van der Waals surface area contributed by atoms with Gasteiger partial charge in [-0.25, -0.2) is 4.85 Å². The Morgan fingerprint density at radius 2 is 1.70 bits per heavy atom. The van der Waals surface area contributed by atoms with Gasteiger partial charge in [0.25, 0.3) is 0 Å². The molecule has 0 saturated heterocycles. The van der Waals surface area contributed by atoms with Crippen LogP contribution in [0.15, 0.2) is 40.6 Å². The van der Waals surface area contributed by atoms with Crippen LogP contribution in [0.2, 0.25) is 0 Å². The van der Waals surface area contributed by atoms with Gasteiger partial charge in [-0.15, -0.1) is 21.6 Å². The molecule has 1 aromatic heterocycles. The van der Waals surface area contributed by atoms with E-state index in [4.69, 9.17) is 30.6 Å². The topological polar surface area (TPSA) is 170 Å². The average molecular weight is 762 g/mol. The predicted molar refractivity (Wildman–Crippen MR) is 198 cm³/mol. The third kappa shape index (κ3) is 19.1. The number of carbonyl (C=O) groups is 2. The zero-order valence-electron chi connectivity index (χ0n) is 31.6. The van der Waals surface area contributed by atoms with Crippen LogP contribution in [0.25, 0.3) is 4.85 Å². The van der Waals surface area contributed by atoms with E-state index in [9.17, 15) is 20.0 Å². The minimum Gasteiger partial charge on any atom is -0.550 e. The number of azo groups is 1. The fraction of sp³-hybridized carbons (Fsp3) is 0.579. The van der Waals surface area contributed by atoms with E-state index < -0.39 is 17.9 Å². The molecule has 0 aliphatic heterocycles. The van der Waals surface area contributed by atoms with Crippen molar-refractivity contribution in [3.8, 4) is 6.07 Å². The number of thiophene rings is 1. The number of hydrogen-bond donors (Lipinski definition) is 1. The second kappa shape index (κ2) is 29.2. The molecule has 0 amide bonds. The zero-order valence-corrected chi connectivity index (χ0v) is 34.5. The first-order valence-electron chi connectivity index (χ1n) is 17.8. The van der Waals surface area contributed by atoms with Crippen LogP contribution in [0, 0.1) is 37.7 Å².